The Hall–Kier alpha value is -2.56. The van der Waals surface area contributed by atoms with E-state index in [0.29, 0.717) is 12.1 Å². The Kier molecular flexibility index (Phi) is 7.44. The van der Waals surface area contributed by atoms with Crippen molar-refractivity contribution in [3.63, 3.8) is 0 Å². The molecule has 1 N–H and O–H groups in total. The highest BCUT2D eigenvalue weighted by molar-refractivity contribution is 7.98. The molecule has 4 rings (SSSR count). The first-order valence-electron chi connectivity index (χ1n) is 11.0. The molecule has 4 heteroatoms. The van der Waals surface area contributed by atoms with Crippen LogP contribution in [0.3, 0.4) is 0 Å². The van der Waals surface area contributed by atoms with Crippen LogP contribution in [0.1, 0.15) is 45.5 Å². The maximum absolute atomic E-state index is 12.6. The molecule has 3 nitrogen and oxygen atoms in total. The van der Waals surface area contributed by atoms with Crippen LogP contribution in [-0.4, -0.2) is 23.9 Å². The highest BCUT2D eigenvalue weighted by Gasteiger charge is 2.12. The molecule has 1 saturated heterocycles. The molecule has 0 unspecified atom stereocenters. The summed E-state index contributed by atoms with van der Waals surface area (Å²) in [6.07, 6.45) is 2.61. The van der Waals surface area contributed by atoms with Crippen molar-refractivity contribution in [3.8, 4) is 0 Å². The molecule has 3 aromatic carbocycles. The number of aryl methyl sites for hydroxylation is 1. The summed E-state index contributed by atoms with van der Waals surface area (Å²) in [5.74, 6) is 0.872. The normalized spacial score (nSPS) is 14.0. The van der Waals surface area contributed by atoms with Crippen LogP contribution in [0.15, 0.2) is 77.7 Å². The maximum Gasteiger partial charge on any atom is 0.251 e. The van der Waals surface area contributed by atoms with Crippen molar-refractivity contribution in [2.75, 3.05) is 13.1 Å². The lowest BCUT2D eigenvalue weighted by molar-refractivity contribution is 0.0951. The highest BCUT2D eigenvalue weighted by Crippen LogP contribution is 2.23. The zero-order chi connectivity index (χ0) is 21.5. The summed E-state index contributed by atoms with van der Waals surface area (Å²) in [4.78, 5) is 16.3. The van der Waals surface area contributed by atoms with Crippen molar-refractivity contribution >= 4 is 17.7 Å². The number of benzene rings is 3. The van der Waals surface area contributed by atoms with Crippen LogP contribution in [0.5, 0.6) is 0 Å². The number of carbonyl (C=O) groups excluding carboxylic acids is 1. The van der Waals surface area contributed by atoms with Crippen molar-refractivity contribution in [3.05, 3.63) is 101 Å². The minimum absolute atomic E-state index is 0.0253. The largest absolute Gasteiger partial charge is 0.348 e. The molecule has 0 aliphatic carbocycles. The zero-order valence-corrected chi connectivity index (χ0v) is 19.0. The summed E-state index contributed by atoms with van der Waals surface area (Å²) in [5.41, 5.74) is 5.67. The summed E-state index contributed by atoms with van der Waals surface area (Å²) < 4.78 is 0. The topological polar surface area (TPSA) is 32.3 Å². The van der Waals surface area contributed by atoms with E-state index < -0.39 is 0 Å². The second kappa shape index (κ2) is 10.7. The third kappa shape index (κ3) is 6.46. The average molecular weight is 431 g/mol. The summed E-state index contributed by atoms with van der Waals surface area (Å²) in [7, 11) is 0. The fraction of sp³-hybridized carbons (Fsp3) is 0.296. The van der Waals surface area contributed by atoms with E-state index in [2.05, 4.69) is 65.7 Å². The fourth-order valence-corrected chi connectivity index (χ4v) is 4.73. The summed E-state index contributed by atoms with van der Waals surface area (Å²) in [6, 6.07) is 25.1. The van der Waals surface area contributed by atoms with Gasteiger partial charge in [-0.05, 0) is 73.8 Å². The second-order valence-corrected chi connectivity index (χ2v) is 9.33. The van der Waals surface area contributed by atoms with Crippen molar-refractivity contribution < 1.29 is 4.79 Å². The Bertz CT molecular complexity index is 993. The van der Waals surface area contributed by atoms with Crippen LogP contribution >= 0.6 is 11.8 Å². The van der Waals surface area contributed by atoms with Crippen molar-refractivity contribution in [1.29, 1.82) is 0 Å². The number of hydrogen-bond donors (Lipinski definition) is 1. The molecule has 3 aromatic rings. The standard InChI is InChI=1S/C27H30N2OS/c1-21-7-13-26(14-8-21)31-20-22-9-11-25(12-10-22)27(30)28-18-23-5-4-6-24(17-23)19-29-15-2-3-16-29/h4-14,17H,2-3,15-16,18-20H2,1H3,(H,28,30). The number of amides is 1. The van der Waals surface area contributed by atoms with E-state index in [1.807, 2.05) is 36.0 Å². The van der Waals surface area contributed by atoms with Crippen molar-refractivity contribution in [1.82, 2.24) is 10.2 Å². The first-order valence-corrected chi connectivity index (χ1v) is 12.0. The third-order valence-corrected chi connectivity index (χ3v) is 6.78. The van der Waals surface area contributed by atoms with Gasteiger partial charge in [0.1, 0.15) is 0 Å². The van der Waals surface area contributed by atoms with Gasteiger partial charge in [-0.2, -0.15) is 0 Å². The Balaban J connectivity index is 1.27. The molecule has 1 fully saturated rings. The third-order valence-electron chi connectivity index (χ3n) is 5.69. The van der Waals surface area contributed by atoms with E-state index in [4.69, 9.17) is 0 Å². The first-order chi connectivity index (χ1) is 15.2. The number of nitrogens with one attached hydrogen (secondary N) is 1. The van der Waals surface area contributed by atoms with Crippen LogP contribution in [-0.2, 0) is 18.8 Å². The number of carbonyl (C=O) groups is 1. The molecule has 1 aliphatic heterocycles. The minimum atomic E-state index is -0.0253. The van der Waals surface area contributed by atoms with Gasteiger partial charge in [0.25, 0.3) is 5.91 Å². The maximum atomic E-state index is 12.6. The van der Waals surface area contributed by atoms with Gasteiger partial charge < -0.3 is 5.32 Å². The first kappa shape index (κ1) is 21.7. The molecule has 160 valence electrons. The molecule has 0 bridgehead atoms. The van der Waals surface area contributed by atoms with E-state index in [1.54, 1.807) is 0 Å². The summed E-state index contributed by atoms with van der Waals surface area (Å²) >= 11 is 1.81. The zero-order valence-electron chi connectivity index (χ0n) is 18.1. The monoisotopic (exact) mass is 430 g/mol. The molecule has 1 heterocycles. The highest BCUT2D eigenvalue weighted by atomic mass is 32.2. The van der Waals surface area contributed by atoms with Crippen LogP contribution < -0.4 is 5.32 Å². The van der Waals surface area contributed by atoms with Gasteiger partial charge in [0.05, 0.1) is 0 Å². The van der Waals surface area contributed by atoms with E-state index in [0.717, 1.165) is 17.9 Å². The quantitative estimate of drug-likeness (QED) is 0.458. The van der Waals surface area contributed by atoms with Gasteiger partial charge in [0, 0.05) is 29.3 Å². The van der Waals surface area contributed by atoms with E-state index in [1.165, 1.54) is 47.5 Å². The van der Waals surface area contributed by atoms with E-state index >= 15 is 0 Å². The van der Waals surface area contributed by atoms with Gasteiger partial charge in [-0.25, -0.2) is 0 Å². The lowest BCUT2D eigenvalue weighted by atomic mass is 10.1. The molecule has 1 amide bonds. The average Bonchev–Trinajstić information content (AvgIpc) is 3.31. The summed E-state index contributed by atoms with van der Waals surface area (Å²) in [5, 5.41) is 3.06. The Morgan fingerprint density at radius 3 is 2.35 bits per heavy atom. The van der Waals surface area contributed by atoms with Gasteiger partial charge in [-0.3, -0.25) is 9.69 Å². The van der Waals surface area contributed by atoms with Gasteiger partial charge >= 0.3 is 0 Å². The molecular weight excluding hydrogens is 400 g/mol. The molecule has 31 heavy (non-hydrogen) atoms. The molecule has 1 aliphatic rings. The van der Waals surface area contributed by atoms with Crippen LogP contribution in [0.25, 0.3) is 0 Å². The predicted molar refractivity (Wildman–Crippen MR) is 129 cm³/mol. The molecule has 0 saturated carbocycles. The number of likely N-dealkylation sites (tertiary alicyclic amines) is 1. The van der Waals surface area contributed by atoms with Gasteiger partial charge in [0.2, 0.25) is 0 Å². The van der Waals surface area contributed by atoms with Crippen LogP contribution in [0, 0.1) is 6.92 Å². The Morgan fingerprint density at radius 2 is 1.61 bits per heavy atom. The van der Waals surface area contributed by atoms with Crippen LogP contribution in [0.4, 0.5) is 0 Å². The number of thioether (sulfide) groups is 1. The lowest BCUT2D eigenvalue weighted by Gasteiger charge is -2.15. The molecule has 0 aromatic heterocycles. The fourth-order valence-electron chi connectivity index (χ4n) is 3.87. The molecule has 0 spiro atoms. The Labute approximate surface area is 189 Å². The number of nitrogens with zero attached hydrogens (tertiary/aromatic N) is 1. The van der Waals surface area contributed by atoms with Gasteiger partial charge in [-0.1, -0.05) is 54.1 Å². The van der Waals surface area contributed by atoms with E-state index in [-0.39, 0.29) is 5.91 Å². The van der Waals surface area contributed by atoms with Crippen molar-refractivity contribution in [2.24, 2.45) is 0 Å². The lowest BCUT2D eigenvalue weighted by Crippen LogP contribution is -2.23. The van der Waals surface area contributed by atoms with E-state index in [9.17, 15) is 4.79 Å². The number of rotatable bonds is 8. The SMILES string of the molecule is Cc1ccc(SCc2ccc(C(=O)NCc3cccc(CN4CCCC4)c3)cc2)cc1. The second-order valence-electron chi connectivity index (χ2n) is 8.28. The van der Waals surface area contributed by atoms with Crippen LogP contribution in [0.2, 0.25) is 0 Å². The van der Waals surface area contributed by atoms with Gasteiger partial charge in [0.15, 0.2) is 0 Å². The van der Waals surface area contributed by atoms with Gasteiger partial charge in [-0.15, -0.1) is 11.8 Å². The van der Waals surface area contributed by atoms with Crippen molar-refractivity contribution in [2.45, 2.75) is 43.5 Å². The number of hydrogen-bond acceptors (Lipinski definition) is 3. The Morgan fingerprint density at radius 1 is 0.903 bits per heavy atom. The summed E-state index contributed by atoms with van der Waals surface area (Å²) in [6.45, 7) is 6.05. The smallest absolute Gasteiger partial charge is 0.251 e. The minimum Gasteiger partial charge on any atom is -0.348 e. The molecule has 0 atom stereocenters. The molecule has 0 radical (unpaired) electrons. The molecular formula is C27H30N2OS. The predicted octanol–water partition coefficient (Wildman–Crippen LogP) is 5.81.